The van der Waals surface area contributed by atoms with E-state index >= 15 is 0 Å². The van der Waals surface area contributed by atoms with Crippen molar-refractivity contribution in [2.45, 2.75) is 25.4 Å². The summed E-state index contributed by atoms with van der Waals surface area (Å²) in [5.41, 5.74) is 1.70. The smallest absolute Gasteiger partial charge is 0.0991 e. The normalized spacial score (nSPS) is 14.3. The van der Waals surface area contributed by atoms with Crippen molar-refractivity contribution in [3.05, 3.63) is 35.4 Å². The first-order valence-electron chi connectivity index (χ1n) is 4.96. The van der Waals surface area contributed by atoms with Crippen LogP contribution in [0.3, 0.4) is 0 Å². The Morgan fingerprint density at radius 3 is 2.40 bits per heavy atom. The summed E-state index contributed by atoms with van der Waals surface area (Å²) in [7, 11) is 0. The number of aliphatic hydroxyl groups is 2. The molecule has 0 fully saturated rings. The molecule has 0 aromatic heterocycles. The number of benzene rings is 1. The van der Waals surface area contributed by atoms with E-state index in [0.29, 0.717) is 12.0 Å². The molecule has 1 aromatic carbocycles. The standard InChI is InChI=1S/C12H15NO2/c1-9(6-12(15)8-14)11-4-2-10(7-13)3-5-11/h2-5,9,12,14-15H,6,8H2,1H3. The fourth-order valence-electron chi connectivity index (χ4n) is 1.50. The summed E-state index contributed by atoms with van der Waals surface area (Å²) in [5, 5.41) is 26.6. The lowest BCUT2D eigenvalue weighted by Gasteiger charge is -2.14. The molecule has 0 radical (unpaired) electrons. The van der Waals surface area contributed by atoms with Crippen LogP contribution in [0.25, 0.3) is 0 Å². The van der Waals surface area contributed by atoms with Crippen molar-refractivity contribution >= 4 is 0 Å². The van der Waals surface area contributed by atoms with Crippen LogP contribution in [-0.2, 0) is 0 Å². The monoisotopic (exact) mass is 205 g/mol. The van der Waals surface area contributed by atoms with Gasteiger partial charge < -0.3 is 10.2 Å². The summed E-state index contributed by atoms with van der Waals surface area (Å²) in [6, 6.07) is 9.34. The van der Waals surface area contributed by atoms with Gasteiger partial charge in [0.15, 0.2) is 0 Å². The van der Waals surface area contributed by atoms with E-state index in [1.807, 2.05) is 19.1 Å². The minimum atomic E-state index is -0.671. The third-order valence-electron chi connectivity index (χ3n) is 2.45. The predicted molar refractivity (Wildman–Crippen MR) is 57.3 cm³/mol. The van der Waals surface area contributed by atoms with E-state index in [0.717, 1.165) is 5.56 Å². The van der Waals surface area contributed by atoms with E-state index < -0.39 is 6.10 Å². The van der Waals surface area contributed by atoms with E-state index in [-0.39, 0.29) is 12.5 Å². The molecule has 80 valence electrons. The van der Waals surface area contributed by atoms with Gasteiger partial charge in [0, 0.05) is 0 Å². The lowest BCUT2D eigenvalue weighted by atomic mass is 9.94. The van der Waals surface area contributed by atoms with Gasteiger partial charge in [-0.2, -0.15) is 5.26 Å². The molecule has 0 aliphatic heterocycles. The molecular formula is C12H15NO2. The van der Waals surface area contributed by atoms with Crippen molar-refractivity contribution in [3.63, 3.8) is 0 Å². The van der Waals surface area contributed by atoms with Crippen LogP contribution >= 0.6 is 0 Å². The van der Waals surface area contributed by atoms with Crippen molar-refractivity contribution < 1.29 is 10.2 Å². The van der Waals surface area contributed by atoms with Gasteiger partial charge in [0.05, 0.1) is 24.3 Å². The lowest BCUT2D eigenvalue weighted by molar-refractivity contribution is 0.0835. The lowest BCUT2D eigenvalue weighted by Crippen LogP contribution is -2.14. The zero-order valence-electron chi connectivity index (χ0n) is 8.72. The third-order valence-corrected chi connectivity index (χ3v) is 2.45. The number of rotatable bonds is 4. The van der Waals surface area contributed by atoms with Gasteiger partial charge in [0.1, 0.15) is 0 Å². The molecule has 1 aromatic rings. The molecule has 3 heteroatoms. The van der Waals surface area contributed by atoms with Gasteiger partial charge in [-0.3, -0.25) is 0 Å². The van der Waals surface area contributed by atoms with Crippen molar-refractivity contribution in [3.8, 4) is 6.07 Å². The summed E-state index contributed by atoms with van der Waals surface area (Å²) < 4.78 is 0. The van der Waals surface area contributed by atoms with E-state index in [4.69, 9.17) is 10.4 Å². The zero-order valence-corrected chi connectivity index (χ0v) is 8.72. The van der Waals surface area contributed by atoms with Gasteiger partial charge in [-0.05, 0) is 30.0 Å². The molecule has 2 N–H and O–H groups in total. The van der Waals surface area contributed by atoms with Gasteiger partial charge in [-0.1, -0.05) is 19.1 Å². The summed E-state index contributed by atoms with van der Waals surface area (Å²) in [6.07, 6.45) is -0.141. The quantitative estimate of drug-likeness (QED) is 0.781. The Hall–Kier alpha value is -1.37. The Labute approximate surface area is 89.6 Å². The first kappa shape index (κ1) is 11.7. The van der Waals surface area contributed by atoms with E-state index in [1.165, 1.54) is 0 Å². The molecular weight excluding hydrogens is 190 g/mol. The van der Waals surface area contributed by atoms with Crippen LogP contribution < -0.4 is 0 Å². The highest BCUT2D eigenvalue weighted by molar-refractivity contribution is 5.32. The fourth-order valence-corrected chi connectivity index (χ4v) is 1.50. The van der Waals surface area contributed by atoms with Crippen molar-refractivity contribution in [2.75, 3.05) is 6.61 Å². The topological polar surface area (TPSA) is 64.2 Å². The Bertz CT molecular complexity index is 340. The van der Waals surface area contributed by atoms with Gasteiger partial charge >= 0.3 is 0 Å². The van der Waals surface area contributed by atoms with Crippen molar-refractivity contribution in [1.29, 1.82) is 5.26 Å². The van der Waals surface area contributed by atoms with Crippen LogP contribution in [-0.4, -0.2) is 22.9 Å². The molecule has 0 bridgehead atoms. The Morgan fingerprint density at radius 1 is 1.33 bits per heavy atom. The Kier molecular flexibility index (Phi) is 4.29. The molecule has 0 spiro atoms. The van der Waals surface area contributed by atoms with E-state index in [9.17, 15) is 5.11 Å². The second-order valence-electron chi connectivity index (χ2n) is 3.71. The third kappa shape index (κ3) is 3.35. The highest BCUT2D eigenvalue weighted by atomic mass is 16.3. The van der Waals surface area contributed by atoms with Crippen LogP contribution in [0.4, 0.5) is 0 Å². The number of nitrogens with zero attached hydrogens (tertiary/aromatic N) is 1. The van der Waals surface area contributed by atoms with Gasteiger partial charge in [-0.25, -0.2) is 0 Å². The first-order chi connectivity index (χ1) is 7.17. The summed E-state index contributed by atoms with van der Waals surface area (Å²) >= 11 is 0. The molecule has 3 nitrogen and oxygen atoms in total. The molecule has 0 amide bonds. The maximum absolute atomic E-state index is 9.29. The van der Waals surface area contributed by atoms with E-state index in [1.54, 1.807) is 12.1 Å². The summed E-state index contributed by atoms with van der Waals surface area (Å²) in [5.74, 6) is 0.180. The molecule has 2 unspecified atom stereocenters. The van der Waals surface area contributed by atoms with Gasteiger partial charge in [0.25, 0.3) is 0 Å². The van der Waals surface area contributed by atoms with Crippen molar-refractivity contribution in [2.24, 2.45) is 0 Å². The highest BCUT2D eigenvalue weighted by Gasteiger charge is 2.11. The molecule has 1 rings (SSSR count). The molecule has 2 atom stereocenters. The average molecular weight is 205 g/mol. The number of hydrogen-bond acceptors (Lipinski definition) is 3. The first-order valence-corrected chi connectivity index (χ1v) is 4.96. The molecule has 0 saturated heterocycles. The number of aliphatic hydroxyl groups excluding tert-OH is 2. The minimum absolute atomic E-state index is 0.180. The van der Waals surface area contributed by atoms with Crippen LogP contribution in [0.5, 0.6) is 0 Å². The molecule has 0 aliphatic carbocycles. The van der Waals surface area contributed by atoms with E-state index in [2.05, 4.69) is 6.07 Å². The van der Waals surface area contributed by atoms with Crippen LogP contribution in [0.2, 0.25) is 0 Å². The van der Waals surface area contributed by atoms with Crippen LogP contribution in [0.15, 0.2) is 24.3 Å². The average Bonchev–Trinajstić information content (AvgIpc) is 2.29. The van der Waals surface area contributed by atoms with Gasteiger partial charge in [-0.15, -0.1) is 0 Å². The van der Waals surface area contributed by atoms with Crippen LogP contribution in [0.1, 0.15) is 30.4 Å². The molecule has 0 saturated carbocycles. The minimum Gasteiger partial charge on any atom is -0.394 e. The number of nitriles is 1. The Morgan fingerprint density at radius 2 is 1.93 bits per heavy atom. The molecule has 15 heavy (non-hydrogen) atoms. The zero-order chi connectivity index (χ0) is 11.3. The number of hydrogen-bond donors (Lipinski definition) is 2. The molecule has 0 aliphatic rings. The van der Waals surface area contributed by atoms with Crippen molar-refractivity contribution in [1.82, 2.24) is 0 Å². The highest BCUT2D eigenvalue weighted by Crippen LogP contribution is 2.20. The fraction of sp³-hybridized carbons (Fsp3) is 0.417. The second kappa shape index (κ2) is 5.50. The Balaban J connectivity index is 2.66. The van der Waals surface area contributed by atoms with Crippen LogP contribution in [0, 0.1) is 11.3 Å². The molecule has 0 heterocycles. The SMILES string of the molecule is CC(CC(O)CO)c1ccc(C#N)cc1. The second-order valence-corrected chi connectivity index (χ2v) is 3.71. The summed E-state index contributed by atoms with van der Waals surface area (Å²) in [4.78, 5) is 0. The summed E-state index contributed by atoms with van der Waals surface area (Å²) in [6.45, 7) is 1.78. The largest absolute Gasteiger partial charge is 0.394 e. The van der Waals surface area contributed by atoms with Gasteiger partial charge in [0.2, 0.25) is 0 Å². The maximum atomic E-state index is 9.29. The predicted octanol–water partition coefficient (Wildman–Crippen LogP) is 1.41. The maximum Gasteiger partial charge on any atom is 0.0991 e.